The van der Waals surface area contributed by atoms with Crippen molar-refractivity contribution in [2.75, 3.05) is 18.4 Å². The molecule has 30 heavy (non-hydrogen) atoms. The van der Waals surface area contributed by atoms with Crippen LogP contribution in [0.2, 0.25) is 0 Å². The molecule has 1 aliphatic heterocycles. The Kier molecular flexibility index (Phi) is 4.84. The Hall–Kier alpha value is -3.39. The molecule has 0 aliphatic carbocycles. The van der Waals surface area contributed by atoms with E-state index in [2.05, 4.69) is 55.8 Å². The van der Waals surface area contributed by atoms with E-state index in [9.17, 15) is 4.79 Å². The molecule has 1 amide bonds. The minimum atomic E-state index is -0.386. The number of carbonyl (C=O) groups excluding carboxylic acids is 1. The van der Waals surface area contributed by atoms with Crippen LogP contribution in [0.5, 0.6) is 0 Å². The summed E-state index contributed by atoms with van der Waals surface area (Å²) < 4.78 is 1.65. The maximum atomic E-state index is 11.2. The first-order valence-electron chi connectivity index (χ1n) is 10.3. The third kappa shape index (κ3) is 3.86. The van der Waals surface area contributed by atoms with Crippen molar-refractivity contribution in [2.24, 2.45) is 5.73 Å². The van der Waals surface area contributed by atoms with E-state index in [-0.39, 0.29) is 12.5 Å². The van der Waals surface area contributed by atoms with Crippen molar-refractivity contribution in [2.45, 2.75) is 32.0 Å². The number of primary amides is 1. The monoisotopic (exact) mass is 403 g/mol. The summed E-state index contributed by atoms with van der Waals surface area (Å²) in [6.45, 7) is 3.10. The highest BCUT2D eigenvalue weighted by Gasteiger charge is 2.20. The van der Waals surface area contributed by atoms with Gasteiger partial charge in [0.2, 0.25) is 5.91 Å². The third-order valence-electron chi connectivity index (χ3n) is 5.73. The predicted octanol–water partition coefficient (Wildman–Crippen LogP) is 2.47. The van der Waals surface area contributed by atoms with Crippen molar-refractivity contribution in [1.29, 1.82) is 0 Å². The highest BCUT2D eigenvalue weighted by Crippen LogP contribution is 2.22. The Morgan fingerprint density at radius 1 is 1.20 bits per heavy atom. The van der Waals surface area contributed by atoms with Gasteiger partial charge in [-0.05, 0) is 55.3 Å². The van der Waals surface area contributed by atoms with Gasteiger partial charge in [0, 0.05) is 35.6 Å². The van der Waals surface area contributed by atoms with Crippen LogP contribution >= 0.6 is 0 Å². The van der Waals surface area contributed by atoms with Gasteiger partial charge >= 0.3 is 0 Å². The number of H-pyrrole nitrogens is 1. The van der Waals surface area contributed by atoms with Gasteiger partial charge in [-0.25, -0.2) is 0 Å². The van der Waals surface area contributed by atoms with E-state index < -0.39 is 0 Å². The number of nitrogens with one attached hydrogen (secondary N) is 2. The Labute approximate surface area is 174 Å². The number of carbonyl (C=O) groups is 1. The number of piperidine rings is 1. The lowest BCUT2D eigenvalue weighted by molar-refractivity contribution is -0.118. The van der Waals surface area contributed by atoms with Crippen LogP contribution < -0.4 is 11.1 Å². The summed E-state index contributed by atoms with van der Waals surface area (Å²) in [5, 5.41) is 17.2. The predicted molar refractivity (Wildman–Crippen MR) is 117 cm³/mol. The molecule has 0 spiro atoms. The number of fused-ring (bicyclic) bond motifs is 2. The first kappa shape index (κ1) is 18.6. The molecule has 0 saturated carbocycles. The fourth-order valence-corrected chi connectivity index (χ4v) is 4.35. The molecule has 4 N–H and O–H groups in total. The van der Waals surface area contributed by atoms with Crippen molar-refractivity contribution in [3.63, 3.8) is 0 Å². The van der Waals surface area contributed by atoms with E-state index >= 15 is 0 Å². The zero-order valence-corrected chi connectivity index (χ0v) is 16.7. The van der Waals surface area contributed by atoms with Gasteiger partial charge in [0.05, 0.1) is 23.4 Å². The standard InChI is InChI=1S/C22H25N7O/c23-22(30)14-29-21-6-3-15(8-17(21)11-25-29)12-28-7-1-2-19(13-28)26-18-4-5-20-16(9-18)10-24-27-20/h3-6,8-11,19,26H,1-2,7,12-14H2,(H2,23,30)(H,24,27). The molecule has 3 heterocycles. The summed E-state index contributed by atoms with van der Waals surface area (Å²) in [4.78, 5) is 13.7. The molecular formula is C22H25N7O. The lowest BCUT2D eigenvalue weighted by Gasteiger charge is -2.33. The molecule has 2 aromatic heterocycles. The third-order valence-corrected chi connectivity index (χ3v) is 5.73. The van der Waals surface area contributed by atoms with E-state index in [0.29, 0.717) is 6.04 Å². The van der Waals surface area contributed by atoms with Gasteiger partial charge in [0.15, 0.2) is 0 Å². The number of likely N-dealkylation sites (tertiary alicyclic amines) is 1. The lowest BCUT2D eigenvalue weighted by atomic mass is 10.0. The summed E-state index contributed by atoms with van der Waals surface area (Å²) in [5.74, 6) is -0.386. The van der Waals surface area contributed by atoms with E-state index in [1.807, 2.05) is 12.3 Å². The number of nitrogens with two attached hydrogens (primary N) is 1. The van der Waals surface area contributed by atoms with Crippen molar-refractivity contribution < 1.29 is 4.79 Å². The second kappa shape index (κ2) is 7.79. The number of hydrogen-bond donors (Lipinski definition) is 3. The fourth-order valence-electron chi connectivity index (χ4n) is 4.35. The molecular weight excluding hydrogens is 378 g/mol. The normalized spacial score (nSPS) is 17.5. The minimum Gasteiger partial charge on any atom is -0.381 e. The van der Waals surface area contributed by atoms with Gasteiger partial charge in [0.1, 0.15) is 6.54 Å². The molecule has 5 rings (SSSR count). The van der Waals surface area contributed by atoms with Gasteiger partial charge in [-0.15, -0.1) is 0 Å². The van der Waals surface area contributed by atoms with E-state index in [4.69, 9.17) is 5.73 Å². The van der Waals surface area contributed by atoms with Crippen molar-refractivity contribution >= 4 is 33.4 Å². The summed E-state index contributed by atoms with van der Waals surface area (Å²) in [6.07, 6.45) is 5.99. The Bertz CT molecular complexity index is 1190. The molecule has 1 fully saturated rings. The first-order valence-corrected chi connectivity index (χ1v) is 10.3. The number of hydrogen-bond acceptors (Lipinski definition) is 5. The number of aromatic nitrogens is 4. The Balaban J connectivity index is 1.25. The van der Waals surface area contributed by atoms with Crippen LogP contribution in [0, 0.1) is 0 Å². The molecule has 2 aromatic carbocycles. The molecule has 1 atom stereocenters. The SMILES string of the molecule is NC(=O)Cn1ncc2cc(CN3CCCC(Nc4ccc5[nH]ncc5c4)C3)ccc21. The molecule has 8 heteroatoms. The molecule has 4 aromatic rings. The molecule has 0 radical (unpaired) electrons. The topological polar surface area (TPSA) is 105 Å². The number of anilines is 1. The molecule has 1 unspecified atom stereocenters. The molecule has 8 nitrogen and oxygen atoms in total. The second-order valence-corrected chi connectivity index (χ2v) is 8.05. The van der Waals surface area contributed by atoms with Gasteiger partial charge in [-0.2, -0.15) is 10.2 Å². The number of aromatic amines is 1. The highest BCUT2D eigenvalue weighted by molar-refractivity contribution is 5.82. The number of rotatable bonds is 6. The van der Waals surface area contributed by atoms with Crippen LogP contribution in [0.4, 0.5) is 5.69 Å². The van der Waals surface area contributed by atoms with Gasteiger partial charge in [-0.1, -0.05) is 6.07 Å². The Morgan fingerprint density at radius 2 is 2.13 bits per heavy atom. The van der Waals surface area contributed by atoms with Crippen molar-refractivity contribution in [3.8, 4) is 0 Å². The average molecular weight is 403 g/mol. The quantitative estimate of drug-likeness (QED) is 0.459. The average Bonchev–Trinajstić information content (AvgIpc) is 3.34. The smallest absolute Gasteiger partial charge is 0.239 e. The number of benzene rings is 2. The first-order chi connectivity index (χ1) is 14.6. The zero-order chi connectivity index (χ0) is 20.5. The van der Waals surface area contributed by atoms with Gasteiger partial charge < -0.3 is 11.1 Å². The molecule has 0 bridgehead atoms. The van der Waals surface area contributed by atoms with Crippen LogP contribution in [0.15, 0.2) is 48.8 Å². The van der Waals surface area contributed by atoms with Crippen LogP contribution in [0.3, 0.4) is 0 Å². The van der Waals surface area contributed by atoms with Crippen LogP contribution in [0.1, 0.15) is 18.4 Å². The summed E-state index contributed by atoms with van der Waals surface area (Å²) in [6, 6.07) is 13.0. The maximum absolute atomic E-state index is 11.2. The Morgan fingerprint density at radius 3 is 3.03 bits per heavy atom. The van der Waals surface area contributed by atoms with E-state index in [1.165, 1.54) is 18.4 Å². The molecule has 154 valence electrons. The van der Waals surface area contributed by atoms with Crippen LogP contribution in [-0.2, 0) is 17.9 Å². The van der Waals surface area contributed by atoms with Crippen molar-refractivity contribution in [3.05, 3.63) is 54.4 Å². The number of amides is 1. The van der Waals surface area contributed by atoms with Crippen LogP contribution in [-0.4, -0.2) is 49.9 Å². The largest absolute Gasteiger partial charge is 0.381 e. The lowest BCUT2D eigenvalue weighted by Crippen LogP contribution is -2.41. The second-order valence-electron chi connectivity index (χ2n) is 8.05. The number of nitrogens with zero attached hydrogens (tertiary/aromatic N) is 4. The zero-order valence-electron chi connectivity index (χ0n) is 16.7. The van der Waals surface area contributed by atoms with Crippen molar-refractivity contribution in [1.82, 2.24) is 24.9 Å². The van der Waals surface area contributed by atoms with Gasteiger partial charge in [-0.3, -0.25) is 19.5 Å². The summed E-state index contributed by atoms with van der Waals surface area (Å²) in [5.41, 5.74) is 9.68. The van der Waals surface area contributed by atoms with E-state index in [0.717, 1.165) is 47.1 Å². The van der Waals surface area contributed by atoms with E-state index in [1.54, 1.807) is 10.9 Å². The maximum Gasteiger partial charge on any atom is 0.239 e. The minimum absolute atomic E-state index is 0.104. The highest BCUT2D eigenvalue weighted by atomic mass is 16.1. The summed E-state index contributed by atoms with van der Waals surface area (Å²) >= 11 is 0. The van der Waals surface area contributed by atoms with Crippen LogP contribution in [0.25, 0.3) is 21.8 Å². The molecule has 1 aliphatic rings. The fraction of sp³-hybridized carbons (Fsp3) is 0.318. The van der Waals surface area contributed by atoms with Gasteiger partial charge in [0.25, 0.3) is 0 Å². The summed E-state index contributed by atoms with van der Waals surface area (Å²) in [7, 11) is 0. The molecule has 1 saturated heterocycles.